The second-order valence-corrected chi connectivity index (χ2v) is 4.51. The molecule has 2 N–H and O–H groups in total. The molecular formula is C11H22N2O. The summed E-state index contributed by atoms with van der Waals surface area (Å²) in [7, 11) is 0. The summed E-state index contributed by atoms with van der Waals surface area (Å²) in [5.74, 6) is 0.852. The van der Waals surface area contributed by atoms with Crippen molar-refractivity contribution in [3.63, 3.8) is 0 Å². The van der Waals surface area contributed by atoms with Crippen LogP contribution in [0, 0.1) is 5.92 Å². The molecule has 0 spiro atoms. The lowest BCUT2D eigenvalue weighted by molar-refractivity contribution is 0.0662. The van der Waals surface area contributed by atoms with Crippen molar-refractivity contribution in [2.45, 2.75) is 31.7 Å². The zero-order chi connectivity index (χ0) is 9.64. The molecule has 0 amide bonds. The third-order valence-corrected chi connectivity index (χ3v) is 3.33. The van der Waals surface area contributed by atoms with Gasteiger partial charge in [-0.15, -0.1) is 0 Å². The molecule has 2 heterocycles. The maximum Gasteiger partial charge on any atom is 0.0469 e. The lowest BCUT2D eigenvalue weighted by atomic mass is 10.0. The fourth-order valence-electron chi connectivity index (χ4n) is 2.34. The molecule has 2 saturated heterocycles. The zero-order valence-electron chi connectivity index (χ0n) is 8.93. The Balaban J connectivity index is 1.52. The first-order chi connectivity index (χ1) is 6.95. The van der Waals surface area contributed by atoms with Crippen LogP contribution < -0.4 is 10.6 Å². The van der Waals surface area contributed by atoms with E-state index in [4.69, 9.17) is 4.74 Å². The Bertz CT molecular complexity index is 151. The van der Waals surface area contributed by atoms with Gasteiger partial charge in [-0.3, -0.25) is 0 Å². The summed E-state index contributed by atoms with van der Waals surface area (Å²) in [4.78, 5) is 0. The normalized spacial score (nSPS) is 29.6. The van der Waals surface area contributed by atoms with E-state index in [-0.39, 0.29) is 0 Å². The quantitative estimate of drug-likeness (QED) is 0.699. The van der Waals surface area contributed by atoms with Crippen LogP contribution in [0.4, 0.5) is 0 Å². The highest BCUT2D eigenvalue weighted by Gasteiger charge is 2.16. The third kappa shape index (κ3) is 3.23. The van der Waals surface area contributed by atoms with Crippen LogP contribution in [0.5, 0.6) is 0 Å². The average Bonchev–Trinajstić information content (AvgIpc) is 2.72. The molecule has 0 aromatic rings. The molecule has 1 unspecified atom stereocenters. The van der Waals surface area contributed by atoms with Gasteiger partial charge in [0.05, 0.1) is 0 Å². The van der Waals surface area contributed by atoms with Crippen LogP contribution in [-0.2, 0) is 4.74 Å². The Kier molecular flexibility index (Phi) is 4.22. The number of hydrogen-bond acceptors (Lipinski definition) is 3. The molecule has 82 valence electrons. The molecule has 0 aromatic carbocycles. The molecule has 3 heteroatoms. The van der Waals surface area contributed by atoms with Gasteiger partial charge in [-0.05, 0) is 44.7 Å². The van der Waals surface area contributed by atoms with Crippen LogP contribution in [-0.4, -0.2) is 38.9 Å². The number of hydrogen-bond donors (Lipinski definition) is 2. The summed E-state index contributed by atoms with van der Waals surface area (Å²) >= 11 is 0. The number of ether oxygens (including phenoxy) is 1. The highest BCUT2D eigenvalue weighted by Crippen LogP contribution is 2.13. The van der Waals surface area contributed by atoms with Gasteiger partial charge in [-0.2, -0.15) is 0 Å². The van der Waals surface area contributed by atoms with Gasteiger partial charge >= 0.3 is 0 Å². The largest absolute Gasteiger partial charge is 0.381 e. The van der Waals surface area contributed by atoms with Gasteiger partial charge in [0.2, 0.25) is 0 Å². The van der Waals surface area contributed by atoms with Crippen LogP contribution in [0.2, 0.25) is 0 Å². The van der Waals surface area contributed by atoms with E-state index in [1.54, 1.807) is 0 Å². The van der Waals surface area contributed by atoms with Crippen molar-refractivity contribution in [2.24, 2.45) is 5.92 Å². The summed E-state index contributed by atoms with van der Waals surface area (Å²) in [6.45, 7) is 5.48. The van der Waals surface area contributed by atoms with Gasteiger partial charge in [-0.25, -0.2) is 0 Å². The van der Waals surface area contributed by atoms with Crippen molar-refractivity contribution < 1.29 is 4.74 Å². The van der Waals surface area contributed by atoms with Crippen molar-refractivity contribution in [3.8, 4) is 0 Å². The Hall–Kier alpha value is -0.120. The van der Waals surface area contributed by atoms with E-state index in [9.17, 15) is 0 Å². The molecule has 2 aliphatic heterocycles. The van der Waals surface area contributed by atoms with Crippen LogP contribution in [0.15, 0.2) is 0 Å². The minimum Gasteiger partial charge on any atom is -0.381 e. The van der Waals surface area contributed by atoms with Crippen molar-refractivity contribution in [1.82, 2.24) is 10.6 Å². The summed E-state index contributed by atoms with van der Waals surface area (Å²) in [6.07, 6.45) is 5.18. The Morgan fingerprint density at radius 3 is 2.71 bits per heavy atom. The Labute approximate surface area is 86.6 Å². The van der Waals surface area contributed by atoms with Gasteiger partial charge in [0.25, 0.3) is 0 Å². The average molecular weight is 198 g/mol. The number of nitrogens with one attached hydrogen (secondary N) is 2. The zero-order valence-corrected chi connectivity index (χ0v) is 8.93. The van der Waals surface area contributed by atoms with Gasteiger partial charge < -0.3 is 15.4 Å². The van der Waals surface area contributed by atoms with E-state index in [0.717, 1.165) is 31.7 Å². The molecule has 2 rings (SSSR count). The molecule has 2 aliphatic rings. The first-order valence-corrected chi connectivity index (χ1v) is 5.97. The molecule has 1 atom stereocenters. The van der Waals surface area contributed by atoms with Crippen LogP contribution in [0.1, 0.15) is 25.7 Å². The predicted octanol–water partition coefficient (Wildman–Crippen LogP) is 0.755. The van der Waals surface area contributed by atoms with Crippen LogP contribution >= 0.6 is 0 Å². The Morgan fingerprint density at radius 2 is 2.00 bits per heavy atom. The van der Waals surface area contributed by atoms with Crippen molar-refractivity contribution in [1.29, 1.82) is 0 Å². The standard InChI is InChI=1S/C11H22N2O/c1-2-11(13-5-1)9-12-8-10-3-6-14-7-4-10/h10-13H,1-9H2. The fourth-order valence-corrected chi connectivity index (χ4v) is 2.34. The monoisotopic (exact) mass is 198 g/mol. The minimum atomic E-state index is 0.731. The summed E-state index contributed by atoms with van der Waals surface area (Å²) in [6, 6.07) is 0.731. The van der Waals surface area contributed by atoms with E-state index in [2.05, 4.69) is 10.6 Å². The highest BCUT2D eigenvalue weighted by atomic mass is 16.5. The molecule has 14 heavy (non-hydrogen) atoms. The lowest BCUT2D eigenvalue weighted by Crippen LogP contribution is -2.37. The maximum absolute atomic E-state index is 5.34. The topological polar surface area (TPSA) is 33.3 Å². The van der Waals surface area contributed by atoms with Gasteiger partial charge in [0.1, 0.15) is 0 Å². The van der Waals surface area contributed by atoms with E-state index in [1.165, 1.54) is 38.8 Å². The second-order valence-electron chi connectivity index (χ2n) is 4.51. The Morgan fingerprint density at radius 1 is 1.14 bits per heavy atom. The molecule has 0 aromatic heterocycles. The summed E-state index contributed by atoms with van der Waals surface area (Å²) in [5.41, 5.74) is 0. The van der Waals surface area contributed by atoms with Gasteiger partial charge in [0, 0.05) is 25.8 Å². The maximum atomic E-state index is 5.34. The molecule has 2 fully saturated rings. The van der Waals surface area contributed by atoms with E-state index in [1.807, 2.05) is 0 Å². The predicted molar refractivity (Wildman–Crippen MR) is 57.4 cm³/mol. The first kappa shape index (κ1) is 10.4. The minimum absolute atomic E-state index is 0.731. The highest BCUT2D eigenvalue weighted by molar-refractivity contribution is 4.77. The molecular weight excluding hydrogens is 176 g/mol. The van der Waals surface area contributed by atoms with E-state index < -0.39 is 0 Å². The van der Waals surface area contributed by atoms with Crippen LogP contribution in [0.3, 0.4) is 0 Å². The molecule has 0 radical (unpaired) electrons. The first-order valence-electron chi connectivity index (χ1n) is 5.97. The van der Waals surface area contributed by atoms with Gasteiger partial charge in [-0.1, -0.05) is 0 Å². The number of rotatable bonds is 4. The van der Waals surface area contributed by atoms with E-state index in [0.29, 0.717) is 0 Å². The summed E-state index contributed by atoms with van der Waals surface area (Å²) in [5, 5.41) is 7.09. The second kappa shape index (κ2) is 5.69. The molecule has 0 saturated carbocycles. The molecule has 0 bridgehead atoms. The molecule has 0 aliphatic carbocycles. The van der Waals surface area contributed by atoms with Gasteiger partial charge in [0.15, 0.2) is 0 Å². The third-order valence-electron chi connectivity index (χ3n) is 3.33. The SMILES string of the molecule is C1CNC(CNCC2CCOCC2)C1. The van der Waals surface area contributed by atoms with Crippen molar-refractivity contribution in [3.05, 3.63) is 0 Å². The lowest BCUT2D eigenvalue weighted by Gasteiger charge is -2.23. The van der Waals surface area contributed by atoms with Crippen molar-refractivity contribution in [2.75, 3.05) is 32.8 Å². The summed E-state index contributed by atoms with van der Waals surface area (Å²) < 4.78 is 5.34. The van der Waals surface area contributed by atoms with E-state index >= 15 is 0 Å². The van der Waals surface area contributed by atoms with Crippen LogP contribution in [0.25, 0.3) is 0 Å². The smallest absolute Gasteiger partial charge is 0.0469 e. The molecule has 3 nitrogen and oxygen atoms in total. The van der Waals surface area contributed by atoms with Crippen molar-refractivity contribution >= 4 is 0 Å². The fraction of sp³-hybridized carbons (Fsp3) is 1.00.